The number of hydrogen-bond donors (Lipinski definition) is 10. The molecule has 1 unspecified atom stereocenters. The maximum Gasteiger partial charge on any atom is 0.343 e. The lowest BCUT2D eigenvalue weighted by Crippen LogP contribution is -2.43. The average molecular weight is 919 g/mol. The summed E-state index contributed by atoms with van der Waals surface area (Å²) in [5.74, 6) is -6.92. The Labute approximate surface area is 374 Å². The third kappa shape index (κ3) is 16.4. The number of aliphatic hydroxyl groups excluding tert-OH is 2. The summed E-state index contributed by atoms with van der Waals surface area (Å²) in [5.41, 5.74) is 22.2. The molecule has 0 aliphatic heterocycles. The highest BCUT2D eigenvalue weighted by atomic mass is 16.6. The van der Waals surface area contributed by atoms with E-state index in [0.29, 0.717) is 11.4 Å². The van der Waals surface area contributed by atoms with E-state index in [0.717, 1.165) is 0 Å². The normalized spacial score (nSPS) is 11.5. The van der Waals surface area contributed by atoms with Gasteiger partial charge in [-0.15, -0.1) is 0 Å². The van der Waals surface area contributed by atoms with E-state index < -0.39 is 61.0 Å². The van der Waals surface area contributed by atoms with Gasteiger partial charge in [0.1, 0.15) is 36.2 Å². The topological polar surface area (TPSA) is 392 Å². The Bertz CT molecular complexity index is 2240. The summed E-state index contributed by atoms with van der Waals surface area (Å²) in [6.07, 6.45) is 0. The number of guanidine groups is 2. The van der Waals surface area contributed by atoms with Gasteiger partial charge in [0.05, 0.1) is 62.1 Å². The molecule has 4 rings (SSSR count). The molecule has 0 saturated carbocycles. The number of nitrogens with two attached hydrogens (primary N) is 4. The van der Waals surface area contributed by atoms with Gasteiger partial charge in [-0.2, -0.15) is 0 Å². The van der Waals surface area contributed by atoms with Crippen molar-refractivity contribution in [2.24, 2.45) is 32.9 Å². The first-order chi connectivity index (χ1) is 31.5. The van der Waals surface area contributed by atoms with E-state index in [1.54, 1.807) is 0 Å². The first-order valence-corrected chi connectivity index (χ1v) is 19.4. The first kappa shape index (κ1) is 50.3. The van der Waals surface area contributed by atoms with E-state index in [9.17, 15) is 49.2 Å². The highest BCUT2D eigenvalue weighted by molar-refractivity contribution is 5.99. The number of carboxylic acids is 2. The van der Waals surface area contributed by atoms with Crippen molar-refractivity contribution in [2.75, 3.05) is 52.9 Å². The zero-order chi connectivity index (χ0) is 48.2. The third-order valence-corrected chi connectivity index (χ3v) is 8.36. The van der Waals surface area contributed by atoms with Crippen molar-refractivity contribution in [3.63, 3.8) is 0 Å². The van der Waals surface area contributed by atoms with Crippen LogP contribution in [-0.2, 0) is 19.1 Å². The maximum atomic E-state index is 12.9. The van der Waals surface area contributed by atoms with Crippen molar-refractivity contribution in [3.05, 3.63) is 107 Å². The first-order valence-electron chi connectivity index (χ1n) is 19.4. The van der Waals surface area contributed by atoms with Gasteiger partial charge in [-0.1, -0.05) is 0 Å². The maximum absolute atomic E-state index is 12.9. The fourth-order valence-electron chi connectivity index (χ4n) is 5.28. The molecule has 350 valence electrons. The number of rotatable bonds is 25. The Morgan fingerprint density at radius 3 is 1.14 bits per heavy atom. The summed E-state index contributed by atoms with van der Waals surface area (Å²) in [5, 5.41) is 41.6. The standard InChI is InChI=1S/C42H46N8O16/c43-41(44)47-27-5-1-23(2-6-27)39(59)65-31-17-25(35(53)49-33(21-51)37(55)56)15-29(19-31)63-13-11-61-9-10-62-12-14-64-30-16-26(36(54)50-34(22-52)38(57)58)18-32(20-30)66-40(60)24-3-7-28(8-4-24)48-42(45)46/h1-8,15-20,33-34,51-52H,9-14,21-22H2,(H,49,53)(H,50,54)(H,55,56)(H,57,58)(H4,43,44,47)(H4,45,46,48)/t33-,34?/m1/s1. The Hall–Kier alpha value is -8.32. The van der Waals surface area contributed by atoms with Gasteiger partial charge in [0, 0.05) is 23.3 Å². The summed E-state index contributed by atoms with van der Waals surface area (Å²) >= 11 is 0. The number of aliphatic imine (C=N–C) groups is 2. The molecule has 0 bridgehead atoms. The van der Waals surface area contributed by atoms with Gasteiger partial charge < -0.3 is 82.4 Å². The van der Waals surface area contributed by atoms with Crippen LogP contribution in [0.3, 0.4) is 0 Å². The van der Waals surface area contributed by atoms with Crippen molar-refractivity contribution < 1.29 is 77.6 Å². The molecule has 4 aromatic carbocycles. The quantitative estimate of drug-likeness (QED) is 0.0135. The lowest BCUT2D eigenvalue weighted by Gasteiger charge is -2.15. The fourth-order valence-corrected chi connectivity index (χ4v) is 5.28. The molecule has 14 N–H and O–H groups in total. The summed E-state index contributed by atoms with van der Waals surface area (Å²) in [6, 6.07) is 15.8. The molecule has 4 aromatic rings. The minimum atomic E-state index is -1.61. The predicted molar refractivity (Wildman–Crippen MR) is 231 cm³/mol. The Balaban J connectivity index is 1.30. The number of carbonyl (C=O) groups excluding carboxylic acids is 4. The van der Waals surface area contributed by atoms with Crippen LogP contribution in [0, 0.1) is 0 Å². The monoisotopic (exact) mass is 918 g/mol. The zero-order valence-corrected chi connectivity index (χ0v) is 34.8. The molecule has 0 aliphatic rings. The number of carbonyl (C=O) groups is 6. The van der Waals surface area contributed by atoms with Crippen molar-refractivity contribution in [3.8, 4) is 23.0 Å². The van der Waals surface area contributed by atoms with Crippen molar-refractivity contribution in [1.82, 2.24) is 10.6 Å². The Kier molecular flexibility index (Phi) is 19.1. The highest BCUT2D eigenvalue weighted by Crippen LogP contribution is 2.26. The largest absolute Gasteiger partial charge is 0.491 e. The molecule has 24 nitrogen and oxygen atoms in total. The molecule has 2 amide bonds. The molecule has 2 atom stereocenters. The molecular formula is C42H46N8O16. The second kappa shape index (κ2) is 25.1. The van der Waals surface area contributed by atoms with Crippen LogP contribution in [0.1, 0.15) is 41.4 Å². The van der Waals surface area contributed by atoms with Gasteiger partial charge in [0.15, 0.2) is 24.0 Å². The molecule has 0 spiro atoms. The SMILES string of the molecule is NC(N)=Nc1ccc(C(=O)Oc2cc(OCCOCCOCCOc3cc(OC(=O)c4ccc(N=C(N)N)cc4)cc(C(=O)N[C@H](CO)C(=O)O)c3)cc(C(=O)NC(CO)C(=O)O)c2)cc1. The molecule has 66 heavy (non-hydrogen) atoms. The second-order valence-electron chi connectivity index (χ2n) is 13.3. The van der Waals surface area contributed by atoms with Crippen LogP contribution in [0.4, 0.5) is 11.4 Å². The van der Waals surface area contributed by atoms with Crippen LogP contribution in [-0.4, -0.2) is 133 Å². The highest BCUT2D eigenvalue weighted by Gasteiger charge is 2.23. The predicted octanol–water partition coefficient (Wildman–Crippen LogP) is -0.224. The van der Waals surface area contributed by atoms with Crippen molar-refractivity contribution in [2.45, 2.75) is 12.1 Å². The smallest absolute Gasteiger partial charge is 0.343 e. The molecular weight excluding hydrogens is 873 g/mol. The van der Waals surface area contributed by atoms with Gasteiger partial charge in [0.25, 0.3) is 11.8 Å². The number of aliphatic hydroxyl groups is 2. The van der Waals surface area contributed by atoms with E-state index in [-0.39, 0.29) is 96.8 Å². The fraction of sp³-hybridized carbons (Fsp3) is 0.238. The number of esters is 2. The van der Waals surface area contributed by atoms with E-state index in [2.05, 4.69) is 20.6 Å². The lowest BCUT2D eigenvalue weighted by atomic mass is 10.1. The molecule has 0 heterocycles. The van der Waals surface area contributed by atoms with Crippen LogP contribution in [0.2, 0.25) is 0 Å². The van der Waals surface area contributed by atoms with Crippen LogP contribution >= 0.6 is 0 Å². The number of hydrogen-bond acceptors (Lipinski definition) is 16. The average Bonchev–Trinajstić information content (AvgIpc) is 3.27. The second-order valence-corrected chi connectivity index (χ2v) is 13.3. The summed E-state index contributed by atoms with van der Waals surface area (Å²) in [7, 11) is 0. The minimum absolute atomic E-state index is 0.0228. The van der Waals surface area contributed by atoms with Crippen LogP contribution in [0.5, 0.6) is 23.0 Å². The Morgan fingerprint density at radius 2 is 0.818 bits per heavy atom. The number of benzene rings is 4. The summed E-state index contributed by atoms with van der Waals surface area (Å²) in [6.45, 7) is -1.67. The van der Waals surface area contributed by atoms with Gasteiger partial charge in [0.2, 0.25) is 0 Å². The van der Waals surface area contributed by atoms with Crippen LogP contribution in [0.25, 0.3) is 0 Å². The van der Waals surface area contributed by atoms with Gasteiger partial charge in [-0.25, -0.2) is 29.2 Å². The van der Waals surface area contributed by atoms with E-state index >= 15 is 0 Å². The molecule has 0 saturated heterocycles. The van der Waals surface area contributed by atoms with Gasteiger partial charge in [-0.3, -0.25) is 9.59 Å². The van der Waals surface area contributed by atoms with Crippen LogP contribution < -0.4 is 52.5 Å². The third-order valence-electron chi connectivity index (χ3n) is 8.36. The minimum Gasteiger partial charge on any atom is -0.491 e. The molecule has 24 heteroatoms. The molecule has 0 fully saturated rings. The number of amides is 2. The number of ether oxygens (including phenoxy) is 6. The van der Waals surface area contributed by atoms with Crippen LogP contribution in [0.15, 0.2) is 94.9 Å². The molecule has 0 radical (unpaired) electrons. The number of aliphatic carboxylic acids is 2. The summed E-state index contributed by atoms with van der Waals surface area (Å²) in [4.78, 5) is 82.2. The molecule has 0 aromatic heterocycles. The van der Waals surface area contributed by atoms with E-state index in [1.807, 2.05) is 0 Å². The van der Waals surface area contributed by atoms with E-state index in [1.165, 1.54) is 84.9 Å². The number of nitrogens with one attached hydrogen (secondary N) is 2. The van der Waals surface area contributed by atoms with E-state index in [4.69, 9.17) is 51.4 Å². The van der Waals surface area contributed by atoms with Gasteiger partial charge in [-0.05, 0) is 72.8 Å². The zero-order valence-electron chi connectivity index (χ0n) is 34.8. The summed E-state index contributed by atoms with van der Waals surface area (Å²) < 4.78 is 33.4. The number of carboxylic acid groups (broad SMARTS) is 2. The van der Waals surface area contributed by atoms with Crippen molar-refractivity contribution >= 4 is 59.0 Å². The molecule has 0 aliphatic carbocycles. The van der Waals surface area contributed by atoms with Gasteiger partial charge >= 0.3 is 23.9 Å². The lowest BCUT2D eigenvalue weighted by molar-refractivity contribution is -0.141. The van der Waals surface area contributed by atoms with Crippen molar-refractivity contribution in [1.29, 1.82) is 0 Å². The Morgan fingerprint density at radius 1 is 0.485 bits per heavy atom. The number of nitrogens with zero attached hydrogens (tertiary/aromatic N) is 2.